The van der Waals surface area contributed by atoms with Crippen molar-refractivity contribution in [2.45, 2.75) is 168 Å². The van der Waals surface area contributed by atoms with Crippen LogP contribution in [0.5, 0.6) is 0 Å². The van der Waals surface area contributed by atoms with Crippen LogP contribution >= 0.6 is 0 Å². The molecule has 14 nitrogen and oxygen atoms in total. The highest BCUT2D eigenvalue weighted by molar-refractivity contribution is 5.67. The number of aliphatic hydroxyl groups is 6. The van der Waals surface area contributed by atoms with Gasteiger partial charge in [0.1, 0.15) is 12.2 Å². The number of rotatable bonds is 24. The maximum atomic E-state index is 9.96. The molecule has 0 atom stereocenters. The van der Waals surface area contributed by atoms with Gasteiger partial charge in [-0.15, -0.1) is 0 Å². The second kappa shape index (κ2) is 54.1. The van der Waals surface area contributed by atoms with Gasteiger partial charge < -0.3 is 51.1 Å². The Hall–Kier alpha value is -2.36. The number of aliphatic carboxylic acids is 4. The Labute approximate surface area is 288 Å². The molecule has 0 spiro atoms. The van der Waals surface area contributed by atoms with E-state index in [2.05, 4.69) is 27.7 Å². The molecule has 10 N–H and O–H groups in total. The van der Waals surface area contributed by atoms with E-state index in [9.17, 15) is 19.2 Å². The lowest BCUT2D eigenvalue weighted by molar-refractivity contribution is -0.138. The maximum Gasteiger partial charge on any atom is 0.303 e. The normalized spacial score (nSPS) is 9.58. The second-order valence-corrected chi connectivity index (χ2v) is 10.9. The Bertz CT molecular complexity index is 541. The molecule has 292 valence electrons. The third-order valence-electron chi connectivity index (χ3n) is 5.82. The number of carboxylic acid groups (broad SMARTS) is 4. The molecule has 0 aromatic heterocycles. The Kier molecular flexibility index (Phi) is 65.2. The van der Waals surface area contributed by atoms with Gasteiger partial charge in [-0.3, -0.25) is 19.2 Å². The predicted molar refractivity (Wildman–Crippen MR) is 186 cm³/mol. The van der Waals surface area contributed by atoms with Gasteiger partial charge in [0.05, 0.1) is 26.4 Å². The Morgan fingerprint density at radius 1 is 0.354 bits per heavy atom. The smallest absolute Gasteiger partial charge is 0.303 e. The molecule has 0 aliphatic rings. The van der Waals surface area contributed by atoms with Crippen molar-refractivity contribution in [3.05, 3.63) is 0 Å². The van der Waals surface area contributed by atoms with E-state index in [-0.39, 0.29) is 26.4 Å². The molecule has 0 aliphatic carbocycles. The van der Waals surface area contributed by atoms with Crippen molar-refractivity contribution in [3.63, 3.8) is 0 Å². The zero-order chi connectivity index (χ0) is 38.4. The SMILES string of the molecule is CCCCCCC(=O)O.CCCCCCC(=O)O.CCCCCCC(=O)O.CCCCCCC(=O)O.OCC(O)CO.OCC(O)CO. The molecule has 0 amide bonds. The predicted octanol–water partition coefficient (Wildman–Crippen LogP) is 4.83. The average molecular weight is 705 g/mol. The quantitative estimate of drug-likeness (QED) is 0.0603. The Balaban J connectivity index is -0.000000111. The van der Waals surface area contributed by atoms with Crippen molar-refractivity contribution in [1.29, 1.82) is 0 Å². The fraction of sp³-hybridized carbons (Fsp3) is 0.882. The molecular formula is C34H72O14. The summed E-state index contributed by atoms with van der Waals surface area (Å²) in [4.78, 5) is 39.8. The first-order chi connectivity index (χ1) is 22.7. The van der Waals surface area contributed by atoms with Crippen molar-refractivity contribution < 1.29 is 70.2 Å². The lowest BCUT2D eigenvalue weighted by Gasteiger charge is -1.96. The van der Waals surface area contributed by atoms with Crippen LogP contribution in [0.3, 0.4) is 0 Å². The molecule has 0 unspecified atom stereocenters. The number of aliphatic hydroxyl groups excluding tert-OH is 6. The lowest BCUT2D eigenvalue weighted by Crippen LogP contribution is -2.15. The highest BCUT2D eigenvalue weighted by atomic mass is 16.4. The minimum Gasteiger partial charge on any atom is -0.481 e. The van der Waals surface area contributed by atoms with Gasteiger partial charge in [0.2, 0.25) is 0 Å². The first-order valence-electron chi connectivity index (χ1n) is 17.4. The number of unbranched alkanes of at least 4 members (excludes halogenated alkanes) is 12. The zero-order valence-corrected chi connectivity index (χ0v) is 30.2. The molecule has 48 heavy (non-hydrogen) atoms. The first kappa shape index (κ1) is 57.9. The van der Waals surface area contributed by atoms with Gasteiger partial charge in [0, 0.05) is 25.7 Å². The monoisotopic (exact) mass is 704 g/mol. The van der Waals surface area contributed by atoms with E-state index in [4.69, 9.17) is 51.1 Å². The number of carbonyl (C=O) groups is 4. The lowest BCUT2D eigenvalue weighted by atomic mass is 10.2. The van der Waals surface area contributed by atoms with Crippen LogP contribution in [0.2, 0.25) is 0 Å². The fourth-order valence-electron chi connectivity index (χ4n) is 2.93. The van der Waals surface area contributed by atoms with Crippen molar-refractivity contribution in [2.75, 3.05) is 26.4 Å². The van der Waals surface area contributed by atoms with Crippen molar-refractivity contribution >= 4 is 23.9 Å². The molecule has 0 rings (SSSR count). The summed E-state index contributed by atoms with van der Waals surface area (Å²) >= 11 is 0. The molecule has 0 aromatic carbocycles. The van der Waals surface area contributed by atoms with Crippen molar-refractivity contribution in [1.82, 2.24) is 0 Å². The summed E-state index contributed by atoms with van der Waals surface area (Å²) in [5, 5.41) is 80.9. The summed E-state index contributed by atoms with van der Waals surface area (Å²) in [5.41, 5.74) is 0. The van der Waals surface area contributed by atoms with E-state index in [0.717, 1.165) is 77.0 Å². The van der Waals surface area contributed by atoms with Gasteiger partial charge >= 0.3 is 23.9 Å². The van der Waals surface area contributed by atoms with Gasteiger partial charge in [0.25, 0.3) is 0 Å². The van der Waals surface area contributed by atoms with E-state index in [1.165, 1.54) is 25.7 Å². The van der Waals surface area contributed by atoms with E-state index in [0.29, 0.717) is 25.7 Å². The molecule has 0 radical (unpaired) electrons. The largest absolute Gasteiger partial charge is 0.481 e. The van der Waals surface area contributed by atoms with Crippen LogP contribution in [0, 0.1) is 0 Å². The van der Waals surface area contributed by atoms with E-state index < -0.39 is 36.1 Å². The highest BCUT2D eigenvalue weighted by Gasteiger charge is 1.97. The summed E-state index contributed by atoms with van der Waals surface area (Å²) in [7, 11) is 0. The van der Waals surface area contributed by atoms with E-state index in [1.807, 2.05) is 0 Å². The molecule has 0 aromatic rings. The number of hydrogen-bond acceptors (Lipinski definition) is 10. The van der Waals surface area contributed by atoms with Gasteiger partial charge in [-0.1, -0.05) is 105 Å². The summed E-state index contributed by atoms with van der Waals surface area (Å²) in [6, 6.07) is 0. The minimum atomic E-state index is -0.954. The van der Waals surface area contributed by atoms with Crippen LogP contribution in [0.4, 0.5) is 0 Å². The van der Waals surface area contributed by atoms with E-state index in [1.54, 1.807) is 0 Å². The van der Waals surface area contributed by atoms with Crippen LogP contribution in [0.1, 0.15) is 156 Å². The molecule has 14 heteroatoms. The van der Waals surface area contributed by atoms with Crippen LogP contribution in [0.25, 0.3) is 0 Å². The molecule has 0 saturated carbocycles. The third kappa shape index (κ3) is 90.3. The zero-order valence-electron chi connectivity index (χ0n) is 30.2. The molecule has 0 aliphatic heterocycles. The van der Waals surface area contributed by atoms with Gasteiger partial charge in [-0.05, 0) is 25.7 Å². The molecule has 0 bridgehead atoms. The topological polar surface area (TPSA) is 271 Å². The van der Waals surface area contributed by atoms with Gasteiger partial charge in [0.15, 0.2) is 0 Å². The van der Waals surface area contributed by atoms with Crippen LogP contribution < -0.4 is 0 Å². The number of carboxylic acids is 4. The van der Waals surface area contributed by atoms with Crippen LogP contribution in [0.15, 0.2) is 0 Å². The molecular weight excluding hydrogens is 632 g/mol. The van der Waals surface area contributed by atoms with Gasteiger partial charge in [-0.25, -0.2) is 0 Å². The minimum absolute atomic E-state index is 0.333. The van der Waals surface area contributed by atoms with Crippen molar-refractivity contribution in [3.8, 4) is 0 Å². The van der Waals surface area contributed by atoms with Crippen LogP contribution in [-0.4, -0.2) is 114 Å². The first-order valence-corrected chi connectivity index (χ1v) is 17.4. The number of hydrogen-bond donors (Lipinski definition) is 10. The standard InChI is InChI=1S/4C7H14O2.2C3H8O3/c4*1-2-3-4-5-6-7(8)9;2*4-1-3(6)2-5/h4*2-6H2,1H3,(H,8,9);2*3-6H,1-2H2. The van der Waals surface area contributed by atoms with Crippen LogP contribution in [-0.2, 0) is 19.2 Å². The molecule has 0 fully saturated rings. The summed E-state index contributed by atoms with van der Waals surface area (Å²) in [5.74, 6) is -2.70. The highest BCUT2D eigenvalue weighted by Crippen LogP contribution is 2.03. The summed E-state index contributed by atoms with van der Waals surface area (Å²) in [6.45, 7) is 6.99. The Morgan fingerprint density at radius 3 is 0.604 bits per heavy atom. The molecule has 0 saturated heterocycles. The Morgan fingerprint density at radius 2 is 0.521 bits per heavy atom. The van der Waals surface area contributed by atoms with Gasteiger partial charge in [-0.2, -0.15) is 0 Å². The average Bonchev–Trinajstić information content (AvgIpc) is 3.06. The van der Waals surface area contributed by atoms with E-state index >= 15 is 0 Å². The van der Waals surface area contributed by atoms with Crippen molar-refractivity contribution in [2.24, 2.45) is 0 Å². The third-order valence-corrected chi connectivity index (χ3v) is 5.82. The fourth-order valence-corrected chi connectivity index (χ4v) is 2.93. The maximum absolute atomic E-state index is 9.96. The summed E-state index contributed by atoms with van der Waals surface area (Å²) < 4.78 is 0. The second-order valence-electron chi connectivity index (χ2n) is 10.9. The summed E-state index contributed by atoms with van der Waals surface area (Å²) in [6.07, 6.45) is 16.3. The molecule has 0 heterocycles.